The second-order valence-corrected chi connectivity index (χ2v) is 8.46. The molecule has 0 nitrogen and oxygen atoms in total. The first-order valence-electron chi connectivity index (χ1n) is 9.08. The largest absolute Gasteiger partial charge is 0.136 e. The van der Waals surface area contributed by atoms with Gasteiger partial charge in [-0.3, -0.25) is 0 Å². The Morgan fingerprint density at radius 3 is 1.32 bits per heavy atom. The van der Waals surface area contributed by atoms with E-state index in [-0.39, 0.29) is 43.8 Å². The predicted octanol–water partition coefficient (Wildman–Crippen LogP) is -7.24. The fraction of sp³-hybridized carbons (Fsp3) is 0.0526. The first kappa shape index (κ1) is 22.8. The number of thiophene rings is 1. The first-order valence-corrected chi connectivity index (χ1v) is 9.90. The highest BCUT2D eigenvalue weighted by molar-refractivity contribution is 7.28. The Hall–Kier alpha value is -1.41. The highest BCUT2D eigenvalue weighted by Gasteiger charge is 2.22. The van der Waals surface area contributed by atoms with E-state index >= 15 is 0 Å². The molecule has 1 aromatic heterocycles. The number of rotatable bonds is 1. The zero-order chi connectivity index (χ0) is 23.1. The Bertz CT molecular complexity index is 1420. The summed E-state index contributed by atoms with van der Waals surface area (Å²) in [4.78, 5) is 0. The van der Waals surface area contributed by atoms with Crippen LogP contribution in [0.2, 0.25) is 0 Å². The molecule has 3 aromatic carbocycles. The molecule has 0 fully saturated rings. The number of hydrogen-bond donors (Lipinski definition) is 0. The van der Waals surface area contributed by atoms with Crippen LogP contribution in [0.15, 0.2) is 0 Å². The topological polar surface area (TPSA) is 0 Å². The maximum absolute atomic E-state index is 6.58. The molecule has 0 saturated carbocycles. The van der Waals surface area contributed by atoms with Gasteiger partial charge in [0.05, 0.1) is 0 Å². The number of hydrogen-bond acceptors (Lipinski definition) is 1. The van der Waals surface area contributed by atoms with Crippen LogP contribution in [-0.2, 0) is 0 Å². The molecule has 0 aliphatic rings. The molecule has 12 heteroatoms. The summed E-state index contributed by atoms with van der Waals surface area (Å²) in [6, 6.07) is 0. The van der Waals surface area contributed by atoms with E-state index in [1.165, 1.54) is 11.3 Å². The quantitative estimate of drug-likeness (QED) is 0.287. The van der Waals surface area contributed by atoms with Crippen LogP contribution in [-0.4, -0.2) is 86.3 Å². The van der Waals surface area contributed by atoms with Gasteiger partial charge in [-0.2, -0.15) is 0 Å². The Morgan fingerprint density at radius 2 is 0.774 bits per heavy atom. The van der Waals surface area contributed by atoms with Crippen molar-refractivity contribution in [1.29, 1.82) is 0 Å². The molecule has 0 atom stereocenters. The molecule has 22 radical (unpaired) electrons. The van der Waals surface area contributed by atoms with Crippen LogP contribution < -0.4 is 60.1 Å². The summed E-state index contributed by atoms with van der Waals surface area (Å²) in [7, 11) is 68.5. The van der Waals surface area contributed by atoms with E-state index in [2.05, 4.69) is 0 Å². The normalized spacial score (nSPS) is 11.5. The maximum atomic E-state index is 6.58. The van der Waals surface area contributed by atoms with Gasteiger partial charge in [-0.15, -0.1) is 38.7 Å². The summed E-state index contributed by atoms with van der Waals surface area (Å²) >= 11 is 1.32. The predicted molar refractivity (Wildman–Crippen MR) is 149 cm³/mol. The molecular weight excluding hydrogens is 379 g/mol. The van der Waals surface area contributed by atoms with E-state index in [9.17, 15) is 0 Å². The van der Waals surface area contributed by atoms with E-state index in [0.717, 1.165) is 10.9 Å². The van der Waals surface area contributed by atoms with Crippen LogP contribution in [0.3, 0.4) is 0 Å². The van der Waals surface area contributed by atoms with Gasteiger partial charge in [0.15, 0.2) is 0 Å². The van der Waals surface area contributed by atoms with E-state index < -0.39 is 0 Å². The number of aryl methyl sites for hydroxylation is 1. The van der Waals surface area contributed by atoms with Crippen LogP contribution in [0.5, 0.6) is 0 Å². The van der Waals surface area contributed by atoms with Gasteiger partial charge in [0.25, 0.3) is 0 Å². The summed E-state index contributed by atoms with van der Waals surface area (Å²) < 4.78 is 1.33. The summed E-state index contributed by atoms with van der Waals surface area (Å²) in [5, 5.41) is 1.37. The lowest BCUT2D eigenvalue weighted by Gasteiger charge is -2.25. The SMILES string of the molecule is [B]c1c([B])c([B])c(-c2c([B])c([B])c3c(sc4c([B])c([B])c([B])c(C)c43)c2[B])c([B])c1[B]. The molecule has 0 aliphatic heterocycles. The molecule has 0 N–H and O–H groups in total. The maximum Gasteiger partial charge on any atom is 0.116 e. The van der Waals surface area contributed by atoms with E-state index in [4.69, 9.17) is 86.3 Å². The minimum atomic E-state index is 0.0798. The van der Waals surface area contributed by atoms with Crippen LogP contribution in [0.1, 0.15) is 5.56 Å². The number of benzene rings is 3. The van der Waals surface area contributed by atoms with Crippen molar-refractivity contribution in [2.45, 2.75) is 6.92 Å². The lowest BCUT2D eigenvalue weighted by molar-refractivity contribution is 1.62. The zero-order valence-corrected chi connectivity index (χ0v) is 17.6. The molecule has 31 heavy (non-hydrogen) atoms. The van der Waals surface area contributed by atoms with E-state index in [1.54, 1.807) is 0 Å². The van der Waals surface area contributed by atoms with E-state index in [0.29, 0.717) is 42.2 Å². The fourth-order valence-electron chi connectivity index (χ4n) is 3.95. The Morgan fingerprint density at radius 1 is 0.387 bits per heavy atom. The molecular formula is C19H3B11S. The van der Waals surface area contributed by atoms with Gasteiger partial charge in [-0.05, 0) is 29.0 Å². The molecule has 4 aromatic rings. The average Bonchev–Trinajstić information content (AvgIpc) is 3.15. The van der Waals surface area contributed by atoms with Crippen molar-refractivity contribution >= 4 is 178 Å². The third-order valence-corrected chi connectivity index (χ3v) is 7.06. The average molecular weight is 382 g/mol. The van der Waals surface area contributed by atoms with Gasteiger partial charge < -0.3 is 0 Å². The van der Waals surface area contributed by atoms with Crippen molar-refractivity contribution < 1.29 is 0 Å². The molecule has 0 spiro atoms. The van der Waals surface area contributed by atoms with Crippen molar-refractivity contribution in [3.05, 3.63) is 5.56 Å². The molecule has 0 saturated heterocycles. The fourth-order valence-corrected chi connectivity index (χ4v) is 5.25. The third kappa shape index (κ3) is 2.96. The van der Waals surface area contributed by atoms with Crippen LogP contribution in [0.4, 0.5) is 0 Å². The monoisotopic (exact) mass is 384 g/mol. The molecule has 0 aliphatic carbocycles. The summed E-state index contributed by atoms with van der Waals surface area (Å²) in [5.74, 6) is 0. The van der Waals surface area contributed by atoms with Crippen molar-refractivity contribution in [3.63, 3.8) is 0 Å². The molecule has 0 unspecified atom stereocenters. The second-order valence-electron chi connectivity index (χ2n) is 7.44. The van der Waals surface area contributed by atoms with Crippen molar-refractivity contribution in [2.24, 2.45) is 0 Å². The van der Waals surface area contributed by atoms with Gasteiger partial charge in [0, 0.05) is 14.8 Å². The zero-order valence-electron chi connectivity index (χ0n) is 16.8. The number of fused-ring (bicyclic) bond motifs is 3. The van der Waals surface area contributed by atoms with Crippen LogP contribution in [0.25, 0.3) is 31.3 Å². The van der Waals surface area contributed by atoms with Gasteiger partial charge in [0.1, 0.15) is 86.3 Å². The lowest BCUT2D eigenvalue weighted by atomic mass is 9.57. The lowest BCUT2D eigenvalue weighted by Crippen LogP contribution is -2.56. The molecule has 1 heterocycles. The van der Waals surface area contributed by atoms with Crippen LogP contribution in [0, 0.1) is 6.92 Å². The Kier molecular flexibility index (Phi) is 5.57. The van der Waals surface area contributed by atoms with Crippen molar-refractivity contribution in [1.82, 2.24) is 0 Å². The highest BCUT2D eigenvalue weighted by atomic mass is 32.1. The minimum absolute atomic E-state index is 0.0798. The minimum Gasteiger partial charge on any atom is -0.136 e. The van der Waals surface area contributed by atoms with Crippen molar-refractivity contribution in [3.8, 4) is 11.1 Å². The molecule has 118 valence electrons. The standard InChI is InChI=1S/C19H3B11S/c1-2-3-6-11(24)8(21)5(4-9(22)14(27)16(29)15(28)10(4)23)12(25)19(6)31-18(3)17(30)13(26)7(2)20/h1H3. The summed E-state index contributed by atoms with van der Waals surface area (Å²) in [6.45, 7) is 1.83. The van der Waals surface area contributed by atoms with Gasteiger partial charge in [-0.25, -0.2) is 0 Å². The molecule has 0 bridgehead atoms. The smallest absolute Gasteiger partial charge is 0.116 e. The van der Waals surface area contributed by atoms with Gasteiger partial charge >= 0.3 is 0 Å². The van der Waals surface area contributed by atoms with Crippen LogP contribution >= 0.6 is 11.3 Å². The Labute approximate surface area is 201 Å². The third-order valence-electron chi connectivity index (χ3n) is 5.80. The first-order chi connectivity index (χ1) is 14.4. The van der Waals surface area contributed by atoms with Crippen molar-refractivity contribution in [2.75, 3.05) is 0 Å². The Balaban J connectivity index is 2.27. The van der Waals surface area contributed by atoms with Gasteiger partial charge in [-0.1, -0.05) is 32.8 Å². The van der Waals surface area contributed by atoms with E-state index in [1.807, 2.05) is 6.92 Å². The molecule has 0 amide bonds. The highest BCUT2D eigenvalue weighted by Crippen LogP contribution is 2.32. The summed E-state index contributed by atoms with van der Waals surface area (Å²) in [5.41, 5.74) is 3.52. The molecule has 4 rings (SSSR count). The van der Waals surface area contributed by atoms with Gasteiger partial charge in [0.2, 0.25) is 0 Å². The summed E-state index contributed by atoms with van der Waals surface area (Å²) in [6.07, 6.45) is 0. The second kappa shape index (κ2) is 7.58.